The molecule has 1 atom stereocenters. The monoisotopic (exact) mass is 411 g/mol. The molecule has 1 saturated carbocycles. The molecule has 30 heavy (non-hydrogen) atoms. The molecule has 0 amide bonds. The average Bonchev–Trinajstić information content (AvgIpc) is 3.17. The largest absolute Gasteiger partial charge is 0.481 e. The van der Waals surface area contributed by atoms with Crippen LogP contribution in [0.3, 0.4) is 0 Å². The third-order valence-corrected chi connectivity index (χ3v) is 6.12. The summed E-state index contributed by atoms with van der Waals surface area (Å²) in [6.45, 7) is 0. The van der Waals surface area contributed by atoms with Crippen molar-refractivity contribution >= 4 is 22.7 Å². The number of carbonyl (C=O) groups excluding carboxylic acids is 1. The highest BCUT2D eigenvalue weighted by molar-refractivity contribution is 6.00. The van der Waals surface area contributed by atoms with Crippen molar-refractivity contribution in [2.24, 2.45) is 0 Å². The van der Waals surface area contributed by atoms with Gasteiger partial charge in [-0.1, -0.05) is 25.3 Å². The number of aromatic amines is 1. The summed E-state index contributed by atoms with van der Waals surface area (Å²) < 4.78 is 26.6. The van der Waals surface area contributed by atoms with E-state index in [0.717, 1.165) is 35.9 Å². The molecule has 1 unspecified atom stereocenters. The van der Waals surface area contributed by atoms with Gasteiger partial charge in [0, 0.05) is 29.1 Å². The van der Waals surface area contributed by atoms with Gasteiger partial charge >= 0.3 is 5.97 Å². The first kappa shape index (κ1) is 20.3. The first-order chi connectivity index (χ1) is 14.4. The molecular formula is C24H23F2NO3. The van der Waals surface area contributed by atoms with Gasteiger partial charge in [0.05, 0.1) is 5.92 Å². The van der Waals surface area contributed by atoms with Crippen molar-refractivity contribution < 1.29 is 23.5 Å². The second kappa shape index (κ2) is 8.38. The lowest BCUT2D eigenvalue weighted by Crippen LogP contribution is -2.16. The Bertz CT molecular complexity index is 1100. The van der Waals surface area contributed by atoms with E-state index in [9.17, 15) is 23.5 Å². The van der Waals surface area contributed by atoms with Crippen LogP contribution >= 0.6 is 0 Å². The number of H-pyrrole nitrogens is 1. The third kappa shape index (κ3) is 3.99. The van der Waals surface area contributed by atoms with E-state index in [-0.39, 0.29) is 12.0 Å². The van der Waals surface area contributed by atoms with Crippen molar-refractivity contribution in [3.8, 4) is 0 Å². The number of aliphatic carboxylic acids is 1. The molecule has 6 heteroatoms. The first-order valence-electron chi connectivity index (χ1n) is 10.3. The standard InChI is InChI=1S/C24H23F2NO3/c25-20-8-6-16(11-21(20)26)23(28)12-18(24(29)30)19-13-27-22-9-7-15(10-17(19)22)14-4-2-1-3-5-14/h6-11,13-14,18,27H,1-5,12H2,(H,29,30). The SMILES string of the molecule is O=C(CC(C(=O)O)c1c[nH]c2ccc(C3CCCCC3)cc12)c1ccc(F)c(F)c1. The zero-order valence-corrected chi connectivity index (χ0v) is 16.5. The molecule has 4 rings (SSSR count). The highest BCUT2D eigenvalue weighted by Gasteiger charge is 2.27. The molecule has 156 valence electrons. The Balaban J connectivity index is 1.65. The van der Waals surface area contributed by atoms with Crippen molar-refractivity contribution in [1.29, 1.82) is 0 Å². The van der Waals surface area contributed by atoms with Crippen LogP contribution in [0.15, 0.2) is 42.6 Å². The van der Waals surface area contributed by atoms with Gasteiger partial charge < -0.3 is 10.1 Å². The normalized spacial score (nSPS) is 15.9. The van der Waals surface area contributed by atoms with Crippen LogP contribution in [-0.2, 0) is 4.79 Å². The summed E-state index contributed by atoms with van der Waals surface area (Å²) in [6, 6.07) is 8.94. The van der Waals surface area contributed by atoms with E-state index in [1.165, 1.54) is 30.9 Å². The first-order valence-corrected chi connectivity index (χ1v) is 10.3. The minimum atomic E-state index is -1.13. The number of ketones is 1. The quantitative estimate of drug-likeness (QED) is 0.494. The van der Waals surface area contributed by atoms with Crippen LogP contribution in [-0.4, -0.2) is 21.8 Å². The number of aromatic nitrogens is 1. The summed E-state index contributed by atoms with van der Waals surface area (Å²) >= 11 is 0. The number of halogens is 2. The molecule has 1 heterocycles. The van der Waals surface area contributed by atoms with Crippen LogP contribution < -0.4 is 0 Å². The van der Waals surface area contributed by atoms with Crippen molar-refractivity contribution in [2.75, 3.05) is 0 Å². The van der Waals surface area contributed by atoms with Crippen molar-refractivity contribution in [3.05, 3.63) is 70.9 Å². The number of carboxylic acids is 1. The molecule has 1 aliphatic carbocycles. The number of Topliss-reactive ketones (excluding diaryl/α,β-unsaturated/α-hetero) is 1. The summed E-state index contributed by atoms with van der Waals surface area (Å²) in [6.07, 6.45) is 7.20. The summed E-state index contributed by atoms with van der Waals surface area (Å²) in [5.74, 6) is -4.46. The van der Waals surface area contributed by atoms with Gasteiger partial charge in [-0.3, -0.25) is 9.59 Å². The fraction of sp³-hybridized carbons (Fsp3) is 0.333. The van der Waals surface area contributed by atoms with E-state index < -0.39 is 29.3 Å². The molecule has 2 aromatic carbocycles. The zero-order valence-electron chi connectivity index (χ0n) is 16.5. The Labute approximate surface area is 172 Å². The van der Waals surface area contributed by atoms with Crippen molar-refractivity contribution in [1.82, 2.24) is 4.98 Å². The van der Waals surface area contributed by atoms with Gasteiger partial charge in [0.15, 0.2) is 17.4 Å². The Morgan fingerprint density at radius 3 is 2.50 bits per heavy atom. The Kier molecular flexibility index (Phi) is 5.66. The van der Waals surface area contributed by atoms with Crippen LogP contribution in [0.25, 0.3) is 10.9 Å². The number of hydrogen-bond acceptors (Lipinski definition) is 2. The topological polar surface area (TPSA) is 70.2 Å². The maximum Gasteiger partial charge on any atom is 0.311 e. The molecule has 1 aliphatic rings. The van der Waals surface area contributed by atoms with Gasteiger partial charge in [0.1, 0.15) is 0 Å². The van der Waals surface area contributed by atoms with Gasteiger partial charge in [-0.2, -0.15) is 0 Å². The molecule has 0 saturated heterocycles. The number of benzene rings is 2. The third-order valence-electron chi connectivity index (χ3n) is 6.12. The number of hydrogen-bond donors (Lipinski definition) is 2. The fourth-order valence-corrected chi connectivity index (χ4v) is 4.44. The van der Waals surface area contributed by atoms with Crippen LogP contribution in [0.2, 0.25) is 0 Å². The summed E-state index contributed by atoms with van der Waals surface area (Å²) in [4.78, 5) is 27.7. The second-order valence-electron chi connectivity index (χ2n) is 8.03. The lowest BCUT2D eigenvalue weighted by molar-refractivity contribution is -0.138. The van der Waals surface area contributed by atoms with Gasteiger partial charge in [-0.25, -0.2) is 8.78 Å². The van der Waals surface area contributed by atoms with E-state index in [1.54, 1.807) is 6.20 Å². The molecule has 0 aliphatic heterocycles. The van der Waals surface area contributed by atoms with Crippen LogP contribution in [0.1, 0.15) is 71.8 Å². The van der Waals surface area contributed by atoms with Crippen LogP contribution in [0, 0.1) is 11.6 Å². The molecule has 0 bridgehead atoms. The molecule has 3 aromatic rings. The maximum atomic E-state index is 13.5. The van der Waals surface area contributed by atoms with E-state index in [2.05, 4.69) is 11.1 Å². The maximum absolute atomic E-state index is 13.5. The Morgan fingerprint density at radius 1 is 1.03 bits per heavy atom. The highest BCUT2D eigenvalue weighted by Crippen LogP contribution is 2.36. The van der Waals surface area contributed by atoms with Gasteiger partial charge in [0.2, 0.25) is 0 Å². The smallest absolute Gasteiger partial charge is 0.311 e. The van der Waals surface area contributed by atoms with E-state index >= 15 is 0 Å². The minimum absolute atomic E-state index is 0.0390. The van der Waals surface area contributed by atoms with Crippen LogP contribution in [0.4, 0.5) is 8.78 Å². The molecule has 4 nitrogen and oxygen atoms in total. The highest BCUT2D eigenvalue weighted by atomic mass is 19.2. The van der Waals surface area contributed by atoms with Gasteiger partial charge in [-0.05, 0) is 60.2 Å². The second-order valence-corrected chi connectivity index (χ2v) is 8.03. The lowest BCUT2D eigenvalue weighted by Gasteiger charge is -2.22. The summed E-state index contributed by atoms with van der Waals surface area (Å²) in [5.41, 5.74) is 2.50. The molecule has 1 fully saturated rings. The number of rotatable bonds is 6. The predicted octanol–water partition coefficient (Wildman–Crippen LogP) is 5.94. The van der Waals surface area contributed by atoms with Crippen LogP contribution in [0.5, 0.6) is 0 Å². The molecule has 0 spiro atoms. The minimum Gasteiger partial charge on any atom is -0.481 e. The zero-order chi connectivity index (χ0) is 21.3. The molecule has 0 radical (unpaired) electrons. The fourth-order valence-electron chi connectivity index (χ4n) is 4.44. The summed E-state index contributed by atoms with van der Waals surface area (Å²) in [5, 5.41) is 10.6. The van der Waals surface area contributed by atoms with Crippen molar-refractivity contribution in [3.63, 3.8) is 0 Å². The lowest BCUT2D eigenvalue weighted by atomic mass is 9.83. The van der Waals surface area contributed by atoms with Gasteiger partial charge in [0.25, 0.3) is 0 Å². The predicted molar refractivity (Wildman–Crippen MR) is 110 cm³/mol. The Hall–Kier alpha value is -3.02. The number of fused-ring (bicyclic) bond motifs is 1. The number of carboxylic acid groups (broad SMARTS) is 1. The van der Waals surface area contributed by atoms with E-state index in [0.29, 0.717) is 11.5 Å². The summed E-state index contributed by atoms with van der Waals surface area (Å²) in [7, 11) is 0. The molecule has 2 N–H and O–H groups in total. The Morgan fingerprint density at radius 2 is 1.80 bits per heavy atom. The molecular weight excluding hydrogens is 388 g/mol. The van der Waals surface area contributed by atoms with E-state index in [4.69, 9.17) is 0 Å². The number of carbonyl (C=O) groups is 2. The van der Waals surface area contributed by atoms with E-state index in [1.807, 2.05) is 12.1 Å². The average molecular weight is 411 g/mol. The molecule has 1 aromatic heterocycles. The number of nitrogens with one attached hydrogen (secondary N) is 1. The van der Waals surface area contributed by atoms with Crippen molar-refractivity contribution in [2.45, 2.75) is 50.4 Å². The van der Waals surface area contributed by atoms with Gasteiger partial charge in [-0.15, -0.1) is 0 Å².